The van der Waals surface area contributed by atoms with Gasteiger partial charge in [-0.15, -0.1) is 0 Å². The molecule has 1 aromatic rings. The van der Waals surface area contributed by atoms with Crippen LogP contribution in [0.2, 0.25) is 0 Å². The Bertz CT molecular complexity index is 399. The van der Waals surface area contributed by atoms with E-state index in [1.807, 2.05) is 0 Å². The van der Waals surface area contributed by atoms with E-state index in [4.69, 9.17) is 0 Å². The second-order valence-electron chi connectivity index (χ2n) is 4.01. The van der Waals surface area contributed by atoms with Gasteiger partial charge >= 0.3 is 11.8 Å². The molecule has 1 nitrogen and oxygen atoms in total. The summed E-state index contributed by atoms with van der Waals surface area (Å²) in [5.74, 6) is -6.19. The number of alkyl halides is 3. The molecule has 0 amide bonds. The van der Waals surface area contributed by atoms with E-state index in [0.717, 1.165) is 12.5 Å². The number of aryl methyl sites for hydroxylation is 1. The second-order valence-corrected chi connectivity index (χ2v) is 4.01. The molecule has 0 aliphatic carbocycles. The Morgan fingerprint density at radius 1 is 1.27 bits per heavy atom. The zero-order valence-corrected chi connectivity index (χ0v) is 8.48. The van der Waals surface area contributed by atoms with Crippen molar-refractivity contribution in [2.75, 3.05) is 0 Å². The van der Waals surface area contributed by atoms with Crippen LogP contribution in [0.1, 0.15) is 18.1 Å². The summed E-state index contributed by atoms with van der Waals surface area (Å²) < 4.78 is 44.7. The minimum atomic E-state index is -3.48. The Kier molecular flexibility index (Phi) is 2.00. The summed E-state index contributed by atoms with van der Waals surface area (Å²) in [5, 5.41) is 0. The third kappa shape index (κ3) is 1.58. The van der Waals surface area contributed by atoms with Crippen molar-refractivity contribution in [3.63, 3.8) is 0 Å². The Hall–Kier alpha value is -1.19. The van der Waals surface area contributed by atoms with E-state index in [0.29, 0.717) is 5.56 Å². The van der Waals surface area contributed by atoms with E-state index < -0.39 is 18.2 Å². The molecule has 0 aromatic heterocycles. The fourth-order valence-electron chi connectivity index (χ4n) is 1.62. The Morgan fingerprint density at radius 2 is 1.93 bits per heavy atom. The van der Waals surface area contributed by atoms with E-state index in [1.54, 1.807) is 19.1 Å². The van der Waals surface area contributed by atoms with Crippen molar-refractivity contribution in [1.82, 2.24) is 0 Å². The molecule has 1 atom stereocenters. The largest absolute Gasteiger partial charge is 0.452 e. The minimum Gasteiger partial charge on any atom is -0.452 e. The highest BCUT2D eigenvalue weighted by molar-refractivity contribution is 5.40. The van der Waals surface area contributed by atoms with Crippen LogP contribution in [0.3, 0.4) is 0 Å². The predicted octanol–water partition coefficient (Wildman–Crippen LogP) is 3.25. The molecule has 0 spiro atoms. The molecule has 0 radical (unpaired) electrons. The van der Waals surface area contributed by atoms with Crippen molar-refractivity contribution in [1.29, 1.82) is 0 Å². The van der Waals surface area contributed by atoms with Crippen LogP contribution in [0.5, 0.6) is 5.75 Å². The number of ether oxygens (including phenoxy) is 1. The van der Waals surface area contributed by atoms with Gasteiger partial charge in [-0.05, 0) is 13.0 Å². The van der Waals surface area contributed by atoms with E-state index in [2.05, 4.69) is 4.74 Å². The minimum absolute atomic E-state index is 0.205. The van der Waals surface area contributed by atoms with Gasteiger partial charge in [-0.3, -0.25) is 0 Å². The molecule has 4 heteroatoms. The first-order valence-corrected chi connectivity index (χ1v) is 4.67. The summed E-state index contributed by atoms with van der Waals surface area (Å²) in [7, 11) is 0. The van der Waals surface area contributed by atoms with Crippen LogP contribution in [0.25, 0.3) is 0 Å². The molecule has 82 valence electrons. The van der Waals surface area contributed by atoms with Crippen molar-refractivity contribution < 1.29 is 17.9 Å². The molecule has 0 saturated heterocycles. The summed E-state index contributed by atoms with van der Waals surface area (Å²) in [6.45, 7) is 2.55. The molecular weight excluding hydrogens is 205 g/mol. The average molecular weight is 216 g/mol. The van der Waals surface area contributed by atoms with Crippen molar-refractivity contribution in [2.45, 2.75) is 32.0 Å². The molecule has 1 aliphatic heterocycles. The predicted molar refractivity (Wildman–Crippen MR) is 50.0 cm³/mol. The summed E-state index contributed by atoms with van der Waals surface area (Å²) in [5.41, 5.74) is 1.21. The van der Waals surface area contributed by atoms with Crippen LogP contribution in [0.4, 0.5) is 13.2 Å². The van der Waals surface area contributed by atoms with E-state index in [1.165, 1.54) is 6.07 Å². The lowest BCUT2D eigenvalue weighted by atomic mass is 9.96. The molecule has 0 fully saturated rings. The molecule has 0 N–H and O–H groups in total. The van der Waals surface area contributed by atoms with Gasteiger partial charge in [0.05, 0.1) is 0 Å². The monoisotopic (exact) mass is 216 g/mol. The van der Waals surface area contributed by atoms with Gasteiger partial charge in [-0.1, -0.05) is 17.7 Å². The Balaban J connectivity index is 2.47. The summed E-state index contributed by atoms with van der Waals surface area (Å²) in [6, 6.07) is 4.83. The van der Waals surface area contributed by atoms with Crippen molar-refractivity contribution in [3.8, 4) is 5.75 Å². The smallest absolute Gasteiger partial charge is 0.320 e. The second kappa shape index (κ2) is 2.90. The number of halogens is 3. The molecule has 0 bridgehead atoms. The normalized spacial score (nSPS) is 28.1. The van der Waals surface area contributed by atoms with Crippen LogP contribution in [-0.4, -0.2) is 11.8 Å². The maximum Gasteiger partial charge on any atom is 0.320 e. The van der Waals surface area contributed by atoms with Crippen molar-refractivity contribution in [2.24, 2.45) is 0 Å². The average Bonchev–Trinajstić information content (AvgIpc) is 2.07. The standard InChI is InChI=1S/C11H11F3O/c1-7-3-4-9-8(5-7)6-11(13,14)10(2,12)15-9/h3-5H,6H2,1-2H3. The first-order valence-electron chi connectivity index (χ1n) is 4.67. The van der Waals surface area contributed by atoms with Crippen molar-refractivity contribution >= 4 is 0 Å². The lowest BCUT2D eigenvalue weighted by Gasteiger charge is -2.36. The number of hydrogen-bond donors (Lipinski definition) is 0. The summed E-state index contributed by atoms with van der Waals surface area (Å²) in [4.78, 5) is 0. The van der Waals surface area contributed by atoms with Crippen LogP contribution in [0.15, 0.2) is 18.2 Å². The number of benzene rings is 1. The van der Waals surface area contributed by atoms with Gasteiger partial charge in [0.15, 0.2) is 0 Å². The van der Waals surface area contributed by atoms with Crippen LogP contribution >= 0.6 is 0 Å². The first-order chi connectivity index (χ1) is 6.82. The maximum absolute atomic E-state index is 13.5. The number of rotatable bonds is 0. The fraction of sp³-hybridized carbons (Fsp3) is 0.455. The van der Waals surface area contributed by atoms with Crippen LogP contribution < -0.4 is 4.74 Å². The van der Waals surface area contributed by atoms with Gasteiger partial charge in [0.1, 0.15) is 5.75 Å². The highest BCUT2D eigenvalue weighted by atomic mass is 19.3. The van der Waals surface area contributed by atoms with Gasteiger partial charge < -0.3 is 4.74 Å². The zero-order valence-electron chi connectivity index (χ0n) is 8.48. The molecule has 2 rings (SSSR count). The van der Waals surface area contributed by atoms with E-state index in [9.17, 15) is 13.2 Å². The third-order valence-corrected chi connectivity index (χ3v) is 2.58. The lowest BCUT2D eigenvalue weighted by Crippen LogP contribution is -2.50. The third-order valence-electron chi connectivity index (χ3n) is 2.58. The molecule has 1 aliphatic rings. The molecule has 15 heavy (non-hydrogen) atoms. The summed E-state index contributed by atoms with van der Waals surface area (Å²) in [6.07, 6.45) is -0.614. The van der Waals surface area contributed by atoms with Crippen molar-refractivity contribution in [3.05, 3.63) is 29.3 Å². The van der Waals surface area contributed by atoms with Gasteiger partial charge in [0.2, 0.25) is 0 Å². The van der Waals surface area contributed by atoms with Crippen LogP contribution in [-0.2, 0) is 6.42 Å². The van der Waals surface area contributed by atoms with Crippen LogP contribution in [0, 0.1) is 6.92 Å². The SMILES string of the molecule is Cc1ccc2c(c1)CC(F)(F)C(C)(F)O2. The maximum atomic E-state index is 13.5. The quantitative estimate of drug-likeness (QED) is 0.646. The summed E-state index contributed by atoms with van der Waals surface area (Å²) >= 11 is 0. The van der Waals surface area contributed by atoms with Gasteiger partial charge in [-0.2, -0.15) is 13.2 Å². The number of hydrogen-bond acceptors (Lipinski definition) is 1. The van der Waals surface area contributed by atoms with Gasteiger partial charge in [0, 0.05) is 18.9 Å². The number of fused-ring (bicyclic) bond motifs is 1. The molecule has 1 heterocycles. The molecule has 1 aromatic carbocycles. The van der Waals surface area contributed by atoms with E-state index >= 15 is 0 Å². The highest BCUT2D eigenvalue weighted by Gasteiger charge is 2.56. The fourth-order valence-corrected chi connectivity index (χ4v) is 1.62. The molecule has 0 saturated carbocycles. The Morgan fingerprint density at radius 3 is 2.60 bits per heavy atom. The van der Waals surface area contributed by atoms with Gasteiger partial charge in [-0.25, -0.2) is 0 Å². The molecule has 1 unspecified atom stereocenters. The van der Waals surface area contributed by atoms with E-state index in [-0.39, 0.29) is 5.75 Å². The molecular formula is C11H11F3O. The Labute approximate surface area is 85.9 Å². The van der Waals surface area contributed by atoms with Gasteiger partial charge in [0.25, 0.3) is 0 Å². The topological polar surface area (TPSA) is 9.23 Å². The lowest BCUT2D eigenvalue weighted by molar-refractivity contribution is -0.234. The first kappa shape index (κ1) is 10.3. The highest BCUT2D eigenvalue weighted by Crippen LogP contribution is 2.44. The zero-order chi connectivity index (χ0) is 11.3.